The third-order valence-corrected chi connectivity index (χ3v) is 6.00. The van der Waals surface area contributed by atoms with Gasteiger partial charge in [-0.3, -0.25) is 9.59 Å². The Labute approximate surface area is 205 Å². The predicted molar refractivity (Wildman–Crippen MR) is 135 cm³/mol. The molecule has 34 heavy (non-hydrogen) atoms. The minimum atomic E-state index is -0.587. The number of aliphatic imine (C=N–C) groups is 1. The lowest BCUT2D eigenvalue weighted by Gasteiger charge is -2.11. The number of thioether (sulfide) groups is 1. The highest BCUT2D eigenvalue weighted by Gasteiger charge is 2.24. The van der Waals surface area contributed by atoms with Gasteiger partial charge in [0.15, 0.2) is 16.7 Å². The molecule has 0 atom stereocenters. The number of nitrogens with one attached hydrogen (secondary N) is 1. The Morgan fingerprint density at radius 2 is 1.88 bits per heavy atom. The molecule has 3 aromatic rings. The molecule has 1 saturated heterocycles. The number of amidine groups is 1. The summed E-state index contributed by atoms with van der Waals surface area (Å²) in [5, 5.41) is 3.74. The number of benzene rings is 3. The average molecular weight is 494 g/mol. The van der Waals surface area contributed by atoms with Crippen LogP contribution in [0.3, 0.4) is 0 Å². The molecule has 0 unspecified atom stereocenters. The number of amides is 2. The molecule has 1 aliphatic rings. The van der Waals surface area contributed by atoms with Crippen LogP contribution in [-0.2, 0) is 11.4 Å². The van der Waals surface area contributed by atoms with Crippen LogP contribution in [0.4, 0.5) is 5.69 Å². The van der Waals surface area contributed by atoms with Gasteiger partial charge in [-0.15, -0.1) is 0 Å². The van der Waals surface area contributed by atoms with Gasteiger partial charge in [-0.25, -0.2) is 4.99 Å². The predicted octanol–water partition coefficient (Wildman–Crippen LogP) is 4.92. The number of ether oxygens (including phenoxy) is 2. The SMILES string of the molecule is COc1cc(/C=C2\SC(=Nc3ccccc3C(N)=O)NC2=O)ccc1OCc1ccc(Cl)cc1. The van der Waals surface area contributed by atoms with Crippen molar-refractivity contribution in [2.75, 3.05) is 7.11 Å². The zero-order chi connectivity index (χ0) is 24.1. The number of methoxy groups -OCH3 is 1. The first kappa shape index (κ1) is 23.4. The number of hydrogen-bond donors (Lipinski definition) is 2. The number of rotatable bonds is 7. The Hall–Kier alpha value is -3.75. The molecule has 0 radical (unpaired) electrons. The zero-order valence-electron chi connectivity index (χ0n) is 18.1. The summed E-state index contributed by atoms with van der Waals surface area (Å²) in [5.41, 5.74) is 7.81. The van der Waals surface area contributed by atoms with E-state index in [4.69, 9.17) is 26.8 Å². The van der Waals surface area contributed by atoms with Gasteiger partial charge in [0.05, 0.1) is 23.3 Å². The maximum Gasteiger partial charge on any atom is 0.264 e. The third-order valence-electron chi connectivity index (χ3n) is 4.84. The van der Waals surface area contributed by atoms with Crippen LogP contribution in [0.1, 0.15) is 21.5 Å². The lowest BCUT2D eigenvalue weighted by molar-refractivity contribution is -0.115. The number of carbonyl (C=O) groups excluding carboxylic acids is 2. The number of nitrogens with zero attached hydrogens (tertiary/aromatic N) is 1. The first-order valence-electron chi connectivity index (χ1n) is 10.2. The van der Waals surface area contributed by atoms with Gasteiger partial charge in [0.2, 0.25) is 0 Å². The van der Waals surface area contributed by atoms with E-state index >= 15 is 0 Å². The molecule has 3 aromatic carbocycles. The van der Waals surface area contributed by atoms with Crippen LogP contribution < -0.4 is 20.5 Å². The Balaban J connectivity index is 1.50. The van der Waals surface area contributed by atoms with Gasteiger partial charge in [-0.2, -0.15) is 0 Å². The van der Waals surface area contributed by atoms with Crippen molar-refractivity contribution in [3.8, 4) is 11.5 Å². The van der Waals surface area contributed by atoms with Crippen molar-refractivity contribution in [1.29, 1.82) is 0 Å². The number of hydrogen-bond acceptors (Lipinski definition) is 6. The highest BCUT2D eigenvalue weighted by atomic mass is 35.5. The summed E-state index contributed by atoms with van der Waals surface area (Å²) in [7, 11) is 1.55. The molecule has 0 spiro atoms. The topological polar surface area (TPSA) is 103 Å². The van der Waals surface area contributed by atoms with Crippen LogP contribution in [0.5, 0.6) is 11.5 Å². The van der Waals surface area contributed by atoms with E-state index in [1.54, 1.807) is 61.7 Å². The van der Waals surface area contributed by atoms with Crippen LogP contribution in [0.25, 0.3) is 6.08 Å². The van der Waals surface area contributed by atoms with Crippen molar-refractivity contribution in [2.45, 2.75) is 6.61 Å². The molecule has 1 heterocycles. The highest BCUT2D eigenvalue weighted by Crippen LogP contribution is 2.33. The molecule has 0 aliphatic carbocycles. The lowest BCUT2D eigenvalue weighted by Crippen LogP contribution is -2.19. The van der Waals surface area contributed by atoms with Gasteiger partial charge in [-0.05, 0) is 65.4 Å². The minimum absolute atomic E-state index is 0.279. The molecule has 172 valence electrons. The summed E-state index contributed by atoms with van der Waals surface area (Å²) in [5.74, 6) is 0.238. The quantitative estimate of drug-likeness (QED) is 0.455. The summed E-state index contributed by atoms with van der Waals surface area (Å²) in [4.78, 5) is 28.9. The van der Waals surface area contributed by atoms with E-state index in [-0.39, 0.29) is 11.5 Å². The molecule has 0 bridgehead atoms. The number of carbonyl (C=O) groups is 2. The fourth-order valence-corrected chi connectivity index (χ4v) is 4.12. The fraction of sp³-hybridized carbons (Fsp3) is 0.0800. The maximum absolute atomic E-state index is 12.5. The molecule has 1 aliphatic heterocycles. The molecular weight excluding hydrogens is 474 g/mol. The van der Waals surface area contributed by atoms with Gasteiger partial charge in [0.1, 0.15) is 6.61 Å². The number of primary amides is 1. The zero-order valence-corrected chi connectivity index (χ0v) is 19.7. The van der Waals surface area contributed by atoms with Crippen LogP contribution in [0, 0.1) is 0 Å². The first-order chi connectivity index (χ1) is 16.4. The molecule has 4 rings (SSSR count). The van der Waals surface area contributed by atoms with E-state index in [0.717, 1.165) is 11.1 Å². The summed E-state index contributed by atoms with van der Waals surface area (Å²) >= 11 is 7.09. The summed E-state index contributed by atoms with van der Waals surface area (Å²) in [6, 6.07) is 19.5. The molecule has 0 saturated carbocycles. The standard InChI is InChI=1S/C25H20ClN3O4S/c1-32-21-12-16(8-11-20(21)33-14-15-6-9-17(26)10-7-15)13-22-24(31)29-25(34-22)28-19-5-3-2-4-18(19)23(27)30/h2-13H,14H2,1H3,(H2,27,30)(H,28,29,31)/b22-13-. The van der Waals surface area contributed by atoms with E-state index in [1.165, 1.54) is 11.8 Å². The van der Waals surface area contributed by atoms with E-state index in [1.807, 2.05) is 18.2 Å². The number of nitrogens with two attached hydrogens (primary N) is 1. The van der Waals surface area contributed by atoms with Crippen molar-refractivity contribution >= 4 is 52.1 Å². The number of halogens is 1. The van der Waals surface area contributed by atoms with Crippen LogP contribution in [-0.4, -0.2) is 24.1 Å². The number of para-hydroxylation sites is 1. The molecular formula is C25H20ClN3O4S. The van der Waals surface area contributed by atoms with Crippen molar-refractivity contribution in [2.24, 2.45) is 10.7 Å². The van der Waals surface area contributed by atoms with E-state index in [0.29, 0.717) is 38.9 Å². The maximum atomic E-state index is 12.5. The Kier molecular flexibility index (Phi) is 7.20. The first-order valence-corrected chi connectivity index (χ1v) is 11.4. The van der Waals surface area contributed by atoms with Crippen molar-refractivity contribution in [1.82, 2.24) is 5.32 Å². The summed E-state index contributed by atoms with van der Waals surface area (Å²) in [6.07, 6.45) is 1.73. The second-order valence-electron chi connectivity index (χ2n) is 7.19. The van der Waals surface area contributed by atoms with Crippen LogP contribution >= 0.6 is 23.4 Å². The fourth-order valence-electron chi connectivity index (χ4n) is 3.16. The minimum Gasteiger partial charge on any atom is -0.493 e. The second-order valence-corrected chi connectivity index (χ2v) is 8.66. The van der Waals surface area contributed by atoms with Gasteiger partial charge in [-0.1, -0.05) is 41.9 Å². The average Bonchev–Trinajstić information content (AvgIpc) is 3.17. The lowest BCUT2D eigenvalue weighted by atomic mass is 10.2. The summed E-state index contributed by atoms with van der Waals surface area (Å²) < 4.78 is 11.4. The normalized spacial score (nSPS) is 15.4. The molecule has 1 fully saturated rings. The van der Waals surface area contributed by atoms with Crippen molar-refractivity contribution in [3.05, 3.63) is 93.3 Å². The molecule has 9 heteroatoms. The molecule has 3 N–H and O–H groups in total. The van der Waals surface area contributed by atoms with Gasteiger partial charge in [0, 0.05) is 5.02 Å². The highest BCUT2D eigenvalue weighted by molar-refractivity contribution is 8.18. The molecule has 2 amide bonds. The Morgan fingerprint density at radius 3 is 2.62 bits per heavy atom. The van der Waals surface area contributed by atoms with E-state index in [9.17, 15) is 9.59 Å². The van der Waals surface area contributed by atoms with Gasteiger partial charge < -0.3 is 20.5 Å². The summed E-state index contributed by atoms with van der Waals surface area (Å²) in [6.45, 7) is 0.360. The molecule has 7 nitrogen and oxygen atoms in total. The third kappa shape index (κ3) is 5.59. The monoisotopic (exact) mass is 493 g/mol. The van der Waals surface area contributed by atoms with Crippen molar-refractivity contribution < 1.29 is 19.1 Å². The van der Waals surface area contributed by atoms with Gasteiger partial charge in [0.25, 0.3) is 11.8 Å². The smallest absolute Gasteiger partial charge is 0.264 e. The molecule has 0 aromatic heterocycles. The van der Waals surface area contributed by atoms with E-state index < -0.39 is 5.91 Å². The van der Waals surface area contributed by atoms with Gasteiger partial charge >= 0.3 is 0 Å². The largest absolute Gasteiger partial charge is 0.493 e. The van der Waals surface area contributed by atoms with Crippen LogP contribution in [0.15, 0.2) is 76.6 Å². The van der Waals surface area contributed by atoms with Crippen molar-refractivity contribution in [3.63, 3.8) is 0 Å². The van der Waals surface area contributed by atoms with Crippen LogP contribution in [0.2, 0.25) is 5.02 Å². The Morgan fingerprint density at radius 1 is 1.12 bits per heavy atom. The van der Waals surface area contributed by atoms with E-state index in [2.05, 4.69) is 10.3 Å². The Bertz CT molecular complexity index is 1310. The second kappa shape index (κ2) is 10.5.